The summed E-state index contributed by atoms with van der Waals surface area (Å²) in [5, 5.41) is 6.60. The minimum absolute atomic E-state index is 0.288. The van der Waals surface area contributed by atoms with Crippen molar-refractivity contribution in [2.24, 2.45) is 11.8 Å². The Kier molecular flexibility index (Phi) is 4.84. The molecule has 2 fully saturated rings. The van der Waals surface area contributed by atoms with Crippen LogP contribution in [0, 0.1) is 11.8 Å². The van der Waals surface area contributed by atoms with Crippen molar-refractivity contribution in [2.45, 2.75) is 57.9 Å². The van der Waals surface area contributed by atoms with E-state index < -0.39 is 0 Å². The van der Waals surface area contributed by atoms with Crippen molar-refractivity contribution in [3.05, 3.63) is 0 Å². The van der Waals surface area contributed by atoms with E-state index in [9.17, 15) is 4.79 Å². The van der Waals surface area contributed by atoms with Gasteiger partial charge in [0.25, 0.3) is 0 Å². The fourth-order valence-corrected chi connectivity index (χ4v) is 3.15. The molecule has 2 atom stereocenters. The topological polar surface area (TPSA) is 41.1 Å². The Bertz CT molecular complexity index is 249. The summed E-state index contributed by atoms with van der Waals surface area (Å²) in [6, 6.07) is 0.396. The van der Waals surface area contributed by atoms with Crippen LogP contribution in [0.5, 0.6) is 0 Å². The number of carbonyl (C=O) groups is 1. The van der Waals surface area contributed by atoms with Crippen LogP contribution in [-0.2, 0) is 4.79 Å². The van der Waals surface area contributed by atoms with Gasteiger partial charge >= 0.3 is 0 Å². The Balaban J connectivity index is 1.72. The van der Waals surface area contributed by atoms with E-state index in [2.05, 4.69) is 17.6 Å². The molecule has 2 aliphatic rings. The predicted molar refractivity (Wildman–Crippen MR) is 69.8 cm³/mol. The predicted octanol–water partition coefficient (Wildman–Crippen LogP) is 2.07. The Morgan fingerprint density at radius 2 is 2.00 bits per heavy atom. The molecule has 1 heterocycles. The minimum Gasteiger partial charge on any atom is -0.353 e. The Hall–Kier alpha value is -0.570. The lowest BCUT2D eigenvalue weighted by atomic mass is 9.86. The number of carbonyl (C=O) groups excluding carboxylic acids is 1. The van der Waals surface area contributed by atoms with E-state index >= 15 is 0 Å². The van der Waals surface area contributed by atoms with Crippen LogP contribution in [-0.4, -0.2) is 25.0 Å². The number of amides is 1. The molecule has 1 aliphatic heterocycles. The highest BCUT2D eigenvalue weighted by molar-refractivity contribution is 5.76. The standard InChI is InChI=1S/C14H26N2O/c1-11-10-15-8-7-13(11)16-14(17)9-12-5-3-2-4-6-12/h11-13,15H,2-10H2,1H3,(H,16,17). The molecule has 1 aliphatic carbocycles. The van der Waals surface area contributed by atoms with Crippen molar-refractivity contribution < 1.29 is 4.79 Å². The zero-order valence-corrected chi connectivity index (χ0v) is 11.0. The van der Waals surface area contributed by atoms with E-state index in [1.165, 1.54) is 32.1 Å². The summed E-state index contributed by atoms with van der Waals surface area (Å²) in [4.78, 5) is 12.0. The molecule has 2 unspecified atom stereocenters. The number of hydrogen-bond donors (Lipinski definition) is 2. The lowest BCUT2D eigenvalue weighted by molar-refractivity contribution is -0.123. The molecule has 1 saturated carbocycles. The van der Waals surface area contributed by atoms with Gasteiger partial charge in [0.1, 0.15) is 0 Å². The largest absolute Gasteiger partial charge is 0.353 e. The number of piperidine rings is 1. The third kappa shape index (κ3) is 3.98. The zero-order chi connectivity index (χ0) is 12.1. The molecule has 0 aromatic heterocycles. The molecule has 3 nitrogen and oxygen atoms in total. The molecular weight excluding hydrogens is 212 g/mol. The van der Waals surface area contributed by atoms with Gasteiger partial charge in [0, 0.05) is 12.5 Å². The van der Waals surface area contributed by atoms with Crippen LogP contribution < -0.4 is 10.6 Å². The Morgan fingerprint density at radius 1 is 1.24 bits per heavy atom. The summed E-state index contributed by atoms with van der Waals surface area (Å²) in [5.74, 6) is 1.51. The number of hydrogen-bond acceptors (Lipinski definition) is 2. The third-order valence-corrected chi connectivity index (χ3v) is 4.33. The van der Waals surface area contributed by atoms with Gasteiger partial charge in [-0.2, -0.15) is 0 Å². The zero-order valence-electron chi connectivity index (χ0n) is 11.0. The molecular formula is C14H26N2O. The molecule has 98 valence electrons. The highest BCUT2D eigenvalue weighted by atomic mass is 16.1. The second-order valence-corrected chi connectivity index (χ2v) is 5.85. The van der Waals surface area contributed by atoms with E-state index in [1.807, 2.05) is 0 Å². The van der Waals surface area contributed by atoms with Gasteiger partial charge < -0.3 is 10.6 Å². The maximum absolute atomic E-state index is 12.0. The summed E-state index contributed by atoms with van der Waals surface area (Å²) in [6.07, 6.45) is 8.37. The Labute approximate surface area is 105 Å². The van der Waals surface area contributed by atoms with E-state index in [4.69, 9.17) is 0 Å². The molecule has 0 bridgehead atoms. The SMILES string of the molecule is CC1CNCCC1NC(=O)CC1CCCCC1. The average Bonchev–Trinajstić information content (AvgIpc) is 2.33. The third-order valence-electron chi connectivity index (χ3n) is 4.33. The van der Waals surface area contributed by atoms with E-state index in [0.29, 0.717) is 17.9 Å². The van der Waals surface area contributed by atoms with Crippen LogP contribution in [0.4, 0.5) is 0 Å². The molecule has 2 N–H and O–H groups in total. The van der Waals surface area contributed by atoms with E-state index in [1.54, 1.807) is 0 Å². The minimum atomic E-state index is 0.288. The first-order chi connectivity index (χ1) is 8.25. The van der Waals surface area contributed by atoms with Crippen molar-refractivity contribution in [2.75, 3.05) is 13.1 Å². The van der Waals surface area contributed by atoms with Crippen molar-refractivity contribution in [1.29, 1.82) is 0 Å². The highest BCUT2D eigenvalue weighted by Crippen LogP contribution is 2.26. The molecule has 3 heteroatoms. The molecule has 1 saturated heterocycles. The molecule has 1 amide bonds. The maximum Gasteiger partial charge on any atom is 0.220 e. The normalized spacial score (nSPS) is 31.1. The van der Waals surface area contributed by atoms with Crippen LogP contribution in [0.3, 0.4) is 0 Å². The van der Waals surface area contributed by atoms with Crippen LogP contribution in [0.25, 0.3) is 0 Å². The van der Waals surface area contributed by atoms with Gasteiger partial charge in [-0.25, -0.2) is 0 Å². The van der Waals surface area contributed by atoms with E-state index in [-0.39, 0.29) is 5.91 Å². The van der Waals surface area contributed by atoms with E-state index in [0.717, 1.165) is 25.9 Å². The lowest BCUT2D eigenvalue weighted by Gasteiger charge is -2.31. The smallest absolute Gasteiger partial charge is 0.220 e. The highest BCUT2D eigenvalue weighted by Gasteiger charge is 2.24. The van der Waals surface area contributed by atoms with Gasteiger partial charge in [-0.3, -0.25) is 4.79 Å². The monoisotopic (exact) mass is 238 g/mol. The molecule has 0 spiro atoms. The number of rotatable bonds is 3. The second-order valence-electron chi connectivity index (χ2n) is 5.85. The van der Waals surface area contributed by atoms with Gasteiger partial charge in [0.2, 0.25) is 5.91 Å². The summed E-state index contributed by atoms with van der Waals surface area (Å²) in [7, 11) is 0. The fourth-order valence-electron chi connectivity index (χ4n) is 3.15. The van der Waals surface area contributed by atoms with Crippen LogP contribution in [0.2, 0.25) is 0 Å². The lowest BCUT2D eigenvalue weighted by Crippen LogP contribution is -2.48. The number of nitrogens with one attached hydrogen (secondary N) is 2. The Morgan fingerprint density at radius 3 is 2.71 bits per heavy atom. The molecule has 0 radical (unpaired) electrons. The van der Waals surface area contributed by atoms with Crippen molar-refractivity contribution in [3.8, 4) is 0 Å². The molecule has 17 heavy (non-hydrogen) atoms. The van der Waals surface area contributed by atoms with Crippen LogP contribution in [0.15, 0.2) is 0 Å². The van der Waals surface area contributed by atoms with Crippen molar-refractivity contribution in [1.82, 2.24) is 10.6 Å². The maximum atomic E-state index is 12.0. The second kappa shape index (κ2) is 6.39. The summed E-state index contributed by atoms with van der Waals surface area (Å²) in [5.41, 5.74) is 0. The quantitative estimate of drug-likeness (QED) is 0.790. The first kappa shape index (κ1) is 12.9. The molecule has 0 aromatic rings. The summed E-state index contributed by atoms with van der Waals surface area (Å²) < 4.78 is 0. The first-order valence-electron chi connectivity index (χ1n) is 7.26. The summed E-state index contributed by atoms with van der Waals surface area (Å²) in [6.45, 7) is 4.30. The van der Waals surface area contributed by atoms with Gasteiger partial charge in [0.15, 0.2) is 0 Å². The average molecular weight is 238 g/mol. The van der Waals surface area contributed by atoms with Crippen molar-refractivity contribution >= 4 is 5.91 Å². The fraction of sp³-hybridized carbons (Fsp3) is 0.929. The van der Waals surface area contributed by atoms with Gasteiger partial charge in [-0.05, 0) is 44.2 Å². The van der Waals surface area contributed by atoms with Gasteiger partial charge in [-0.15, -0.1) is 0 Å². The van der Waals surface area contributed by atoms with Crippen molar-refractivity contribution in [3.63, 3.8) is 0 Å². The van der Waals surface area contributed by atoms with Crippen LogP contribution in [0.1, 0.15) is 51.9 Å². The first-order valence-corrected chi connectivity index (χ1v) is 7.26. The summed E-state index contributed by atoms with van der Waals surface area (Å²) >= 11 is 0. The van der Waals surface area contributed by atoms with Crippen LogP contribution >= 0.6 is 0 Å². The van der Waals surface area contributed by atoms with Gasteiger partial charge in [-0.1, -0.05) is 26.2 Å². The molecule has 0 aromatic carbocycles. The molecule has 2 rings (SSSR count). The van der Waals surface area contributed by atoms with Gasteiger partial charge in [0.05, 0.1) is 0 Å².